The molecule has 7 heteroatoms. The van der Waals surface area contributed by atoms with Gasteiger partial charge in [0.15, 0.2) is 8.32 Å². The average molecular weight is 461 g/mol. The minimum absolute atomic E-state index is 0.229. The van der Waals surface area contributed by atoms with Crippen LogP contribution in [0.3, 0.4) is 0 Å². The van der Waals surface area contributed by atoms with Gasteiger partial charge in [-0.25, -0.2) is 9.97 Å². The zero-order valence-electron chi connectivity index (χ0n) is 19.8. The zero-order valence-corrected chi connectivity index (χ0v) is 21.5. The van der Waals surface area contributed by atoms with E-state index in [2.05, 4.69) is 85.7 Å². The summed E-state index contributed by atoms with van der Waals surface area (Å²) in [6.07, 6.45) is 6.32. The number of rotatable bonds is 8. The second-order valence-electron chi connectivity index (χ2n) is 10.1. The molecule has 0 spiro atoms. The predicted molar refractivity (Wildman–Crippen MR) is 134 cm³/mol. The van der Waals surface area contributed by atoms with Crippen molar-refractivity contribution in [3.05, 3.63) is 46.9 Å². The zero-order chi connectivity index (χ0) is 22.6. The SMILES string of the molecule is CCc1ccc(NCc2cnc(Cl)nc2N[C@H]2CC[C@H](O[Si](C)(C)C(C)(C)C)C2)cc1. The molecule has 2 aromatic rings. The number of nitrogens with zero attached hydrogens (tertiary/aromatic N) is 2. The van der Waals surface area contributed by atoms with Crippen LogP contribution in [0.15, 0.2) is 30.5 Å². The first-order valence-corrected chi connectivity index (χ1v) is 14.6. The molecular weight excluding hydrogens is 424 g/mol. The smallest absolute Gasteiger partial charge is 0.224 e. The Bertz CT molecular complexity index is 867. The van der Waals surface area contributed by atoms with Gasteiger partial charge in [0.25, 0.3) is 0 Å². The van der Waals surface area contributed by atoms with Gasteiger partial charge in [0.1, 0.15) is 5.82 Å². The first-order chi connectivity index (χ1) is 14.6. The molecule has 170 valence electrons. The van der Waals surface area contributed by atoms with Crippen LogP contribution in [0, 0.1) is 0 Å². The Balaban J connectivity index is 1.62. The molecule has 2 atom stereocenters. The monoisotopic (exact) mass is 460 g/mol. The van der Waals surface area contributed by atoms with E-state index < -0.39 is 8.32 Å². The van der Waals surface area contributed by atoms with Crippen LogP contribution in [0.2, 0.25) is 23.4 Å². The minimum atomic E-state index is -1.75. The third kappa shape index (κ3) is 6.43. The third-order valence-electron chi connectivity index (χ3n) is 6.67. The number of aryl methyl sites for hydroxylation is 1. The summed E-state index contributed by atoms with van der Waals surface area (Å²) >= 11 is 6.12. The van der Waals surface area contributed by atoms with Crippen molar-refractivity contribution in [3.8, 4) is 0 Å². The van der Waals surface area contributed by atoms with E-state index in [1.165, 1.54) is 5.56 Å². The van der Waals surface area contributed by atoms with E-state index in [0.717, 1.165) is 42.8 Å². The highest BCUT2D eigenvalue weighted by Crippen LogP contribution is 2.39. The fourth-order valence-corrected chi connectivity index (χ4v) is 5.19. The van der Waals surface area contributed by atoms with Crippen LogP contribution in [0.4, 0.5) is 11.5 Å². The van der Waals surface area contributed by atoms with Gasteiger partial charge in [-0.3, -0.25) is 0 Å². The Labute approximate surface area is 193 Å². The van der Waals surface area contributed by atoms with Gasteiger partial charge in [-0.05, 0) is 73.1 Å². The van der Waals surface area contributed by atoms with Crippen LogP contribution in [0.25, 0.3) is 0 Å². The standard InChI is InChI=1S/C24H37ClN4OSi/c1-7-17-8-10-19(11-9-17)26-15-18-16-27-23(25)29-22(18)28-20-12-13-21(14-20)30-31(5,6)24(2,3)4/h8-11,16,20-21,26H,7,12-15H2,1-6H3,(H,27,28,29)/t20-,21-/m0/s1. The Kier molecular flexibility index (Phi) is 7.66. The molecule has 0 amide bonds. The van der Waals surface area contributed by atoms with E-state index in [0.29, 0.717) is 18.7 Å². The van der Waals surface area contributed by atoms with Crippen LogP contribution in [-0.4, -0.2) is 30.4 Å². The fourth-order valence-electron chi connectivity index (χ4n) is 3.66. The molecule has 1 fully saturated rings. The predicted octanol–water partition coefficient (Wildman–Crippen LogP) is 6.66. The molecule has 2 N–H and O–H groups in total. The molecule has 0 radical (unpaired) electrons. The lowest BCUT2D eigenvalue weighted by Gasteiger charge is -2.38. The minimum Gasteiger partial charge on any atom is -0.414 e. The highest BCUT2D eigenvalue weighted by Gasteiger charge is 2.40. The van der Waals surface area contributed by atoms with E-state index >= 15 is 0 Å². The van der Waals surface area contributed by atoms with Crippen molar-refractivity contribution in [2.75, 3.05) is 10.6 Å². The number of aromatic nitrogens is 2. The lowest BCUT2D eigenvalue weighted by atomic mass is 10.1. The van der Waals surface area contributed by atoms with Crippen LogP contribution >= 0.6 is 11.6 Å². The van der Waals surface area contributed by atoms with Gasteiger partial charge in [0.05, 0.1) is 0 Å². The summed E-state index contributed by atoms with van der Waals surface area (Å²) in [6.45, 7) is 14.3. The van der Waals surface area contributed by atoms with E-state index in [1.54, 1.807) is 0 Å². The number of hydrogen-bond donors (Lipinski definition) is 2. The maximum Gasteiger partial charge on any atom is 0.224 e. The lowest BCUT2D eigenvalue weighted by molar-refractivity contribution is 0.187. The quantitative estimate of drug-likeness (QED) is 0.340. The maximum absolute atomic E-state index is 6.64. The van der Waals surface area contributed by atoms with Gasteiger partial charge >= 0.3 is 0 Å². The van der Waals surface area contributed by atoms with Gasteiger partial charge in [-0.1, -0.05) is 39.8 Å². The van der Waals surface area contributed by atoms with Crippen molar-refractivity contribution in [2.24, 2.45) is 0 Å². The molecule has 0 bridgehead atoms. The fraction of sp³-hybridized carbons (Fsp3) is 0.583. The van der Waals surface area contributed by atoms with Gasteiger partial charge in [0.2, 0.25) is 5.28 Å². The van der Waals surface area contributed by atoms with Crippen molar-refractivity contribution >= 4 is 31.4 Å². The maximum atomic E-state index is 6.64. The largest absolute Gasteiger partial charge is 0.414 e. The average Bonchev–Trinajstić information content (AvgIpc) is 3.13. The van der Waals surface area contributed by atoms with Crippen molar-refractivity contribution < 1.29 is 4.43 Å². The Morgan fingerprint density at radius 2 is 1.87 bits per heavy atom. The Hall–Kier alpha value is -1.63. The van der Waals surface area contributed by atoms with Crippen LogP contribution in [0.5, 0.6) is 0 Å². The molecule has 0 saturated heterocycles. The molecule has 3 rings (SSSR count). The van der Waals surface area contributed by atoms with E-state index in [9.17, 15) is 0 Å². The van der Waals surface area contributed by atoms with Crippen LogP contribution in [-0.2, 0) is 17.4 Å². The third-order valence-corrected chi connectivity index (χ3v) is 11.4. The van der Waals surface area contributed by atoms with E-state index in [1.807, 2.05) is 6.20 Å². The second-order valence-corrected chi connectivity index (χ2v) is 15.2. The van der Waals surface area contributed by atoms with Crippen LogP contribution in [0.1, 0.15) is 58.1 Å². The van der Waals surface area contributed by atoms with Gasteiger partial charge < -0.3 is 15.1 Å². The molecule has 1 aromatic carbocycles. The molecule has 5 nitrogen and oxygen atoms in total. The van der Waals surface area contributed by atoms with Gasteiger partial charge in [-0.15, -0.1) is 0 Å². The number of hydrogen-bond acceptors (Lipinski definition) is 5. The molecule has 0 aliphatic heterocycles. The van der Waals surface area contributed by atoms with Crippen molar-refractivity contribution in [1.82, 2.24) is 9.97 Å². The first-order valence-electron chi connectivity index (χ1n) is 11.4. The van der Waals surface area contributed by atoms with E-state index in [-0.39, 0.29) is 10.3 Å². The number of nitrogens with one attached hydrogen (secondary N) is 2. The molecule has 0 unspecified atom stereocenters. The molecule has 1 saturated carbocycles. The first kappa shape index (κ1) is 24.0. The molecule has 1 aliphatic rings. The van der Waals surface area contributed by atoms with Crippen molar-refractivity contribution in [1.29, 1.82) is 0 Å². The summed E-state index contributed by atoms with van der Waals surface area (Å²) in [6, 6.07) is 8.87. The highest BCUT2D eigenvalue weighted by molar-refractivity contribution is 6.74. The Morgan fingerprint density at radius 3 is 2.52 bits per heavy atom. The van der Waals surface area contributed by atoms with Crippen molar-refractivity contribution in [3.63, 3.8) is 0 Å². The lowest BCUT2D eigenvalue weighted by Crippen LogP contribution is -2.43. The summed E-state index contributed by atoms with van der Waals surface area (Å²) < 4.78 is 6.64. The summed E-state index contributed by atoms with van der Waals surface area (Å²) in [5.74, 6) is 0.815. The number of benzene rings is 1. The summed E-state index contributed by atoms with van der Waals surface area (Å²) in [4.78, 5) is 8.69. The van der Waals surface area contributed by atoms with E-state index in [4.69, 9.17) is 16.0 Å². The second kappa shape index (κ2) is 9.88. The van der Waals surface area contributed by atoms with Gasteiger partial charge in [0, 0.05) is 36.1 Å². The summed E-state index contributed by atoms with van der Waals surface area (Å²) in [7, 11) is -1.75. The summed E-state index contributed by atoms with van der Waals surface area (Å²) in [5.41, 5.74) is 3.43. The molecule has 1 aromatic heterocycles. The number of halogens is 1. The highest BCUT2D eigenvalue weighted by atomic mass is 35.5. The molecule has 31 heavy (non-hydrogen) atoms. The van der Waals surface area contributed by atoms with Gasteiger partial charge in [-0.2, -0.15) is 0 Å². The normalized spacial score (nSPS) is 19.5. The summed E-state index contributed by atoms with van der Waals surface area (Å²) in [5, 5.41) is 7.59. The number of anilines is 2. The topological polar surface area (TPSA) is 59.1 Å². The van der Waals surface area contributed by atoms with Crippen molar-refractivity contribution in [2.45, 2.75) is 90.2 Å². The molecular formula is C24H37ClN4OSi. The Morgan fingerprint density at radius 1 is 1.16 bits per heavy atom. The van der Waals surface area contributed by atoms with Crippen LogP contribution < -0.4 is 10.6 Å². The molecule has 1 aliphatic carbocycles. The molecule has 1 heterocycles.